The highest BCUT2D eigenvalue weighted by Crippen LogP contribution is 1.99. The number of nitrogens with one attached hydrogen (secondary N) is 1. The molecule has 1 aromatic heterocycles. The zero-order chi connectivity index (χ0) is 8.81. The second kappa shape index (κ2) is 9.43. The topological polar surface area (TPSA) is 41.9 Å². The number of nitrogens with zero attached hydrogens (tertiary/aromatic N) is 1. The lowest BCUT2D eigenvalue weighted by atomic mass is 10.3. The van der Waals surface area contributed by atoms with E-state index in [1.165, 1.54) is 0 Å². The van der Waals surface area contributed by atoms with Gasteiger partial charge in [0.2, 0.25) is 0 Å². The minimum atomic E-state index is 0. The van der Waals surface area contributed by atoms with Crippen LogP contribution in [0.5, 0.6) is 0 Å². The summed E-state index contributed by atoms with van der Waals surface area (Å²) in [6, 6.07) is 4.10. The summed E-state index contributed by atoms with van der Waals surface area (Å²) < 4.78 is 2.13. The van der Waals surface area contributed by atoms with Gasteiger partial charge >= 0.3 is 0 Å². The molecule has 0 atom stereocenters. The van der Waals surface area contributed by atoms with E-state index >= 15 is 0 Å². The molecule has 0 aromatic carbocycles. The van der Waals surface area contributed by atoms with Crippen molar-refractivity contribution in [2.75, 3.05) is 18.9 Å². The molecule has 0 radical (unpaired) electrons. The maximum absolute atomic E-state index is 5.41. The predicted octanol–water partition coefficient (Wildman–Crippen LogP) is -2.05. The molecular formula is C9H17Br2N3. The van der Waals surface area contributed by atoms with Crippen molar-refractivity contribution < 1.29 is 21.5 Å². The van der Waals surface area contributed by atoms with Gasteiger partial charge in [-0.2, -0.15) is 0 Å². The molecule has 0 saturated heterocycles. The van der Waals surface area contributed by atoms with Crippen molar-refractivity contribution in [1.29, 1.82) is 0 Å². The first-order chi connectivity index (χ1) is 5.86. The van der Waals surface area contributed by atoms with Gasteiger partial charge in [0, 0.05) is 31.3 Å². The number of rotatable bonds is 4. The third kappa shape index (κ3) is 5.57. The average Bonchev–Trinajstić information content (AvgIpc) is 2.15. The van der Waals surface area contributed by atoms with Crippen LogP contribution in [0.25, 0.3) is 0 Å². The Bertz CT molecular complexity index is 226. The molecule has 0 fully saturated rings. The molecule has 82 valence electrons. The molecular weight excluding hydrogens is 310 g/mol. The van der Waals surface area contributed by atoms with Gasteiger partial charge in [-0.25, -0.2) is 4.57 Å². The zero-order valence-corrected chi connectivity index (χ0v) is 11.5. The fraction of sp³-hybridized carbons (Fsp3) is 0.444. The van der Waals surface area contributed by atoms with Crippen LogP contribution in [0.3, 0.4) is 0 Å². The number of nitrogens with two attached hydrogens (primary N) is 1. The van der Waals surface area contributed by atoms with E-state index in [4.69, 9.17) is 5.73 Å². The summed E-state index contributed by atoms with van der Waals surface area (Å²) >= 11 is 0. The largest absolute Gasteiger partial charge is 1.00 e. The third-order valence-electron chi connectivity index (χ3n) is 1.80. The Kier molecular flexibility index (Phi) is 11.0. The lowest BCUT2D eigenvalue weighted by molar-refractivity contribution is -0.697. The van der Waals surface area contributed by atoms with E-state index in [0.29, 0.717) is 0 Å². The second-order valence-electron chi connectivity index (χ2n) is 2.72. The van der Waals surface area contributed by atoms with Crippen LogP contribution in [0.2, 0.25) is 0 Å². The van der Waals surface area contributed by atoms with Gasteiger partial charge in [0.25, 0.3) is 0 Å². The third-order valence-corrected chi connectivity index (χ3v) is 1.80. The molecule has 1 heterocycles. The number of aromatic nitrogens is 1. The number of halogens is 2. The van der Waals surface area contributed by atoms with Gasteiger partial charge in [-0.15, -0.1) is 17.0 Å². The van der Waals surface area contributed by atoms with Crippen LogP contribution in [-0.2, 0) is 6.54 Å². The highest BCUT2D eigenvalue weighted by molar-refractivity contribution is 8.93. The van der Waals surface area contributed by atoms with E-state index in [9.17, 15) is 0 Å². The van der Waals surface area contributed by atoms with Crippen molar-refractivity contribution in [3.05, 3.63) is 24.5 Å². The molecule has 0 aliphatic heterocycles. The lowest BCUT2D eigenvalue weighted by Gasteiger charge is -1.98. The van der Waals surface area contributed by atoms with Crippen LogP contribution in [0.1, 0.15) is 6.42 Å². The number of hydrogen-bond acceptors (Lipinski definition) is 2. The van der Waals surface area contributed by atoms with E-state index in [0.717, 1.165) is 25.2 Å². The van der Waals surface area contributed by atoms with Gasteiger partial charge in [0.1, 0.15) is 6.54 Å². The lowest BCUT2D eigenvalue weighted by Crippen LogP contribution is -3.00. The predicted molar refractivity (Wildman–Crippen MR) is 60.2 cm³/mol. The number of pyridine rings is 1. The van der Waals surface area contributed by atoms with Crippen molar-refractivity contribution in [1.82, 2.24) is 0 Å². The monoisotopic (exact) mass is 325 g/mol. The molecule has 0 aliphatic rings. The van der Waals surface area contributed by atoms with Crippen LogP contribution in [0.15, 0.2) is 24.5 Å². The fourth-order valence-electron chi connectivity index (χ4n) is 1.05. The normalized spacial score (nSPS) is 8.43. The first-order valence-corrected chi connectivity index (χ1v) is 4.23. The number of hydrogen-bond donors (Lipinski definition) is 2. The maximum atomic E-state index is 5.41. The smallest absolute Gasteiger partial charge is 0.170 e. The Morgan fingerprint density at radius 2 is 1.93 bits per heavy atom. The van der Waals surface area contributed by atoms with Crippen LogP contribution in [-0.4, -0.2) is 13.6 Å². The van der Waals surface area contributed by atoms with Crippen LogP contribution >= 0.6 is 17.0 Å². The maximum Gasteiger partial charge on any atom is 0.170 e. The van der Waals surface area contributed by atoms with E-state index in [1.807, 2.05) is 7.05 Å². The summed E-state index contributed by atoms with van der Waals surface area (Å²) in [5.41, 5.74) is 6.54. The number of aryl methyl sites for hydroxylation is 1. The molecule has 5 heteroatoms. The summed E-state index contributed by atoms with van der Waals surface area (Å²) in [6.45, 7) is 1.75. The summed E-state index contributed by atoms with van der Waals surface area (Å²) in [6.07, 6.45) is 5.15. The minimum Gasteiger partial charge on any atom is -1.00 e. The molecule has 0 spiro atoms. The van der Waals surface area contributed by atoms with Crippen molar-refractivity contribution in [3.63, 3.8) is 0 Å². The Hall–Kier alpha value is -0.130. The summed E-state index contributed by atoms with van der Waals surface area (Å²) in [5, 5.41) is 3.07. The Labute approximate surface area is 106 Å². The molecule has 0 unspecified atom stereocenters. The first-order valence-electron chi connectivity index (χ1n) is 4.23. The van der Waals surface area contributed by atoms with E-state index < -0.39 is 0 Å². The first kappa shape index (κ1) is 16.3. The molecule has 14 heavy (non-hydrogen) atoms. The van der Waals surface area contributed by atoms with Gasteiger partial charge in [-0.05, 0) is 6.54 Å². The Morgan fingerprint density at radius 1 is 1.36 bits per heavy atom. The molecule has 0 aliphatic carbocycles. The molecule has 1 aromatic rings. The van der Waals surface area contributed by atoms with Crippen molar-refractivity contribution in [2.45, 2.75) is 13.0 Å². The van der Waals surface area contributed by atoms with E-state index in [-0.39, 0.29) is 34.0 Å². The fourth-order valence-corrected chi connectivity index (χ4v) is 1.05. The van der Waals surface area contributed by atoms with E-state index in [1.54, 1.807) is 0 Å². The zero-order valence-electron chi connectivity index (χ0n) is 8.24. The summed E-state index contributed by atoms with van der Waals surface area (Å²) in [4.78, 5) is 0. The van der Waals surface area contributed by atoms with E-state index in [2.05, 4.69) is 34.4 Å². The van der Waals surface area contributed by atoms with Gasteiger partial charge in [-0.3, -0.25) is 0 Å². The summed E-state index contributed by atoms with van der Waals surface area (Å²) in [7, 11) is 1.92. The van der Waals surface area contributed by atoms with Crippen LogP contribution in [0.4, 0.5) is 5.69 Å². The van der Waals surface area contributed by atoms with Gasteiger partial charge in [-0.1, -0.05) is 0 Å². The molecule has 0 amide bonds. The summed E-state index contributed by atoms with van der Waals surface area (Å²) in [5.74, 6) is 0. The quantitative estimate of drug-likeness (QED) is 0.625. The highest BCUT2D eigenvalue weighted by Gasteiger charge is 1.97. The SMILES string of the molecule is Br.CNc1cc[n+](CCCN)cc1.[Br-]. The Morgan fingerprint density at radius 3 is 2.36 bits per heavy atom. The van der Waals surface area contributed by atoms with Crippen LogP contribution in [0, 0.1) is 0 Å². The average molecular weight is 327 g/mol. The molecule has 0 bridgehead atoms. The van der Waals surface area contributed by atoms with Gasteiger partial charge in [0.05, 0.1) is 0 Å². The highest BCUT2D eigenvalue weighted by atomic mass is 79.9. The molecule has 0 saturated carbocycles. The molecule has 1 rings (SSSR count). The standard InChI is InChI=1S/C9H15N3.2BrH/c1-11-9-3-7-12(8-4-9)6-2-5-10;;/h3-4,7-8H,2,5-6,10H2,1H3;2*1H. The van der Waals surface area contributed by atoms with Crippen molar-refractivity contribution >= 4 is 22.7 Å². The molecule has 3 nitrogen and oxygen atoms in total. The van der Waals surface area contributed by atoms with Gasteiger partial charge < -0.3 is 28.0 Å². The van der Waals surface area contributed by atoms with Crippen molar-refractivity contribution in [3.8, 4) is 0 Å². The number of anilines is 1. The van der Waals surface area contributed by atoms with Gasteiger partial charge in [0.15, 0.2) is 12.4 Å². The molecule has 3 N–H and O–H groups in total. The second-order valence-corrected chi connectivity index (χ2v) is 2.72. The minimum absolute atomic E-state index is 0. The van der Waals surface area contributed by atoms with Crippen molar-refractivity contribution in [2.24, 2.45) is 5.73 Å². The Balaban J connectivity index is 0. The van der Waals surface area contributed by atoms with Crippen LogP contribution < -0.4 is 32.6 Å².